The topological polar surface area (TPSA) is 0 Å². The first-order chi connectivity index (χ1) is 5.98. The Kier molecular flexibility index (Phi) is 7.24. The van der Waals surface area contributed by atoms with Crippen molar-refractivity contribution in [3.8, 4) is 0 Å². The molecular weight excluding hydrogens is 168 g/mol. The lowest BCUT2D eigenvalue weighted by Crippen LogP contribution is -2.00. The molecule has 0 amide bonds. The quantitative estimate of drug-likeness (QED) is 0.455. The third-order valence-electron chi connectivity index (χ3n) is 1.78. The van der Waals surface area contributed by atoms with E-state index in [1.165, 1.54) is 12.0 Å². The third kappa shape index (κ3) is 22.6. The van der Waals surface area contributed by atoms with E-state index in [1.807, 2.05) is 0 Å². The fraction of sp³-hybridized carbons (Fsp3) is 0.857. The van der Waals surface area contributed by atoms with Crippen molar-refractivity contribution in [1.29, 1.82) is 0 Å². The van der Waals surface area contributed by atoms with Gasteiger partial charge in [-0.1, -0.05) is 66.5 Å². The second-order valence-corrected chi connectivity index (χ2v) is 6.50. The second kappa shape index (κ2) is 6.27. The average molecular weight is 198 g/mol. The molecule has 0 heteroatoms. The first kappa shape index (κ1) is 16.2. The summed E-state index contributed by atoms with van der Waals surface area (Å²) in [6.45, 7) is 19.8. The zero-order valence-electron chi connectivity index (χ0n) is 11.8. The summed E-state index contributed by atoms with van der Waals surface area (Å²) in [5.41, 5.74) is 2.30. The molecule has 0 aromatic carbocycles. The zero-order chi connectivity index (χ0) is 12.0. The van der Waals surface area contributed by atoms with Gasteiger partial charge in [0.25, 0.3) is 0 Å². The van der Waals surface area contributed by atoms with Crippen LogP contribution in [0.25, 0.3) is 0 Å². The van der Waals surface area contributed by atoms with Gasteiger partial charge in [-0.25, -0.2) is 0 Å². The van der Waals surface area contributed by atoms with Gasteiger partial charge in [-0.3, -0.25) is 0 Å². The molecule has 0 aromatic heterocycles. The van der Waals surface area contributed by atoms with Crippen molar-refractivity contribution >= 4 is 0 Å². The molecule has 0 N–H and O–H groups in total. The van der Waals surface area contributed by atoms with Gasteiger partial charge in [0.05, 0.1) is 0 Å². The molecule has 86 valence electrons. The van der Waals surface area contributed by atoms with Crippen LogP contribution in [0.5, 0.6) is 0 Å². The van der Waals surface area contributed by atoms with Crippen molar-refractivity contribution < 1.29 is 0 Å². The first-order valence-electron chi connectivity index (χ1n) is 5.64. The smallest absolute Gasteiger partial charge is 0.0201 e. The van der Waals surface area contributed by atoms with Crippen molar-refractivity contribution in [3.05, 3.63) is 11.6 Å². The lowest BCUT2D eigenvalue weighted by Gasteiger charge is -2.12. The number of hydrogen-bond acceptors (Lipinski definition) is 0. The summed E-state index contributed by atoms with van der Waals surface area (Å²) in [4.78, 5) is 0. The van der Waals surface area contributed by atoms with E-state index in [1.54, 1.807) is 0 Å². The second-order valence-electron chi connectivity index (χ2n) is 6.50. The third-order valence-corrected chi connectivity index (χ3v) is 1.78. The van der Waals surface area contributed by atoms with Crippen molar-refractivity contribution in [2.24, 2.45) is 10.8 Å². The molecule has 0 heterocycles. The van der Waals surface area contributed by atoms with Crippen LogP contribution in [0.4, 0.5) is 0 Å². The Balaban J connectivity index is 0. The monoisotopic (exact) mass is 198 g/mol. The first-order valence-corrected chi connectivity index (χ1v) is 5.64. The molecule has 0 aliphatic carbocycles. The maximum absolute atomic E-state index is 2.27. The Morgan fingerprint density at radius 1 is 0.929 bits per heavy atom. The molecule has 0 unspecified atom stereocenters. The zero-order valence-corrected chi connectivity index (χ0v) is 11.8. The molecule has 0 aromatic rings. The van der Waals surface area contributed by atoms with Crippen molar-refractivity contribution in [1.82, 2.24) is 0 Å². The normalized spacial score (nSPS) is 11.5. The SMILES string of the molecule is CC(C)=CC(C)(C)C.CCC(C)(C)C. The number of allylic oxidation sites excluding steroid dienone is 2. The van der Waals surface area contributed by atoms with E-state index in [0.29, 0.717) is 10.8 Å². The van der Waals surface area contributed by atoms with Gasteiger partial charge in [0.15, 0.2) is 0 Å². The minimum Gasteiger partial charge on any atom is -0.0805 e. The largest absolute Gasteiger partial charge is 0.0805 e. The van der Waals surface area contributed by atoms with Crippen LogP contribution in [0.3, 0.4) is 0 Å². The van der Waals surface area contributed by atoms with Crippen LogP contribution in [0, 0.1) is 10.8 Å². The molecule has 0 saturated heterocycles. The molecule has 0 aliphatic heterocycles. The molecule has 0 radical (unpaired) electrons. The lowest BCUT2D eigenvalue weighted by molar-refractivity contribution is 0.398. The minimum atomic E-state index is 0.360. The molecule has 0 nitrogen and oxygen atoms in total. The van der Waals surface area contributed by atoms with Crippen molar-refractivity contribution in [3.63, 3.8) is 0 Å². The van der Waals surface area contributed by atoms with E-state index >= 15 is 0 Å². The molecule has 0 atom stereocenters. The van der Waals surface area contributed by atoms with Gasteiger partial charge < -0.3 is 0 Å². The standard InChI is InChI=1S/C8H16.C6H14/c1-7(2)6-8(3,4)5;1-5-6(2,3)4/h6H,1-5H3;5H2,1-4H3. The van der Waals surface area contributed by atoms with E-state index in [2.05, 4.69) is 68.4 Å². The molecule has 0 rings (SSSR count). The highest BCUT2D eigenvalue weighted by atomic mass is 14.1. The van der Waals surface area contributed by atoms with Gasteiger partial charge in [-0.15, -0.1) is 0 Å². The molecule has 0 spiro atoms. The van der Waals surface area contributed by atoms with Gasteiger partial charge in [0.1, 0.15) is 0 Å². The van der Waals surface area contributed by atoms with Gasteiger partial charge in [-0.2, -0.15) is 0 Å². The van der Waals surface area contributed by atoms with E-state index < -0.39 is 0 Å². The van der Waals surface area contributed by atoms with Gasteiger partial charge in [0, 0.05) is 0 Å². The Morgan fingerprint density at radius 2 is 1.21 bits per heavy atom. The molecule has 0 bridgehead atoms. The molecule has 0 fully saturated rings. The van der Waals surface area contributed by atoms with Crippen LogP contribution in [-0.2, 0) is 0 Å². The molecule has 14 heavy (non-hydrogen) atoms. The molecule has 0 saturated carbocycles. The summed E-state index contributed by atoms with van der Waals surface area (Å²) < 4.78 is 0. The van der Waals surface area contributed by atoms with E-state index in [0.717, 1.165) is 0 Å². The van der Waals surface area contributed by atoms with Crippen LogP contribution >= 0.6 is 0 Å². The maximum Gasteiger partial charge on any atom is -0.0201 e. The Labute approximate surface area is 91.8 Å². The summed E-state index contributed by atoms with van der Waals surface area (Å²) in [6, 6.07) is 0. The fourth-order valence-electron chi connectivity index (χ4n) is 0.866. The number of hydrogen-bond donors (Lipinski definition) is 0. The van der Waals surface area contributed by atoms with E-state index in [4.69, 9.17) is 0 Å². The minimum absolute atomic E-state index is 0.360. The molecule has 0 aliphatic rings. The highest BCUT2D eigenvalue weighted by Crippen LogP contribution is 2.16. The molecular formula is C14H30. The van der Waals surface area contributed by atoms with Crippen LogP contribution in [0.1, 0.15) is 68.7 Å². The van der Waals surface area contributed by atoms with Crippen LogP contribution < -0.4 is 0 Å². The predicted octanol–water partition coefficient (Wildman–Crippen LogP) is 5.44. The Hall–Kier alpha value is -0.260. The van der Waals surface area contributed by atoms with Crippen LogP contribution in [-0.4, -0.2) is 0 Å². The Morgan fingerprint density at radius 3 is 1.21 bits per heavy atom. The average Bonchev–Trinajstić information content (AvgIpc) is 1.81. The lowest BCUT2D eigenvalue weighted by atomic mass is 9.94. The summed E-state index contributed by atoms with van der Waals surface area (Å²) in [5.74, 6) is 0. The van der Waals surface area contributed by atoms with E-state index in [-0.39, 0.29) is 0 Å². The van der Waals surface area contributed by atoms with Crippen molar-refractivity contribution in [2.75, 3.05) is 0 Å². The number of rotatable bonds is 0. The van der Waals surface area contributed by atoms with Crippen molar-refractivity contribution in [2.45, 2.75) is 68.7 Å². The van der Waals surface area contributed by atoms with Crippen LogP contribution in [0.2, 0.25) is 0 Å². The van der Waals surface area contributed by atoms with Gasteiger partial charge in [0.2, 0.25) is 0 Å². The van der Waals surface area contributed by atoms with E-state index in [9.17, 15) is 0 Å². The predicted molar refractivity (Wildman–Crippen MR) is 68.6 cm³/mol. The summed E-state index contributed by atoms with van der Waals surface area (Å²) >= 11 is 0. The van der Waals surface area contributed by atoms with Gasteiger partial charge >= 0.3 is 0 Å². The Bertz CT molecular complexity index is 155. The highest BCUT2D eigenvalue weighted by Gasteiger charge is 2.03. The highest BCUT2D eigenvalue weighted by molar-refractivity contribution is 5.00. The fourth-order valence-corrected chi connectivity index (χ4v) is 0.866. The summed E-state index contributed by atoms with van der Waals surface area (Å²) in [6.07, 6.45) is 3.54. The van der Waals surface area contributed by atoms with Gasteiger partial charge in [-0.05, 0) is 24.7 Å². The summed E-state index contributed by atoms with van der Waals surface area (Å²) in [5, 5.41) is 0. The van der Waals surface area contributed by atoms with Crippen LogP contribution in [0.15, 0.2) is 11.6 Å². The maximum atomic E-state index is 2.27. The summed E-state index contributed by atoms with van der Waals surface area (Å²) in [7, 11) is 0.